The molecule has 0 fully saturated rings. The molecular formula is C22H26N4O. The molecule has 4 rings (SSSR count). The van der Waals surface area contributed by atoms with Gasteiger partial charge in [-0.3, -0.25) is 4.79 Å². The Kier molecular flexibility index (Phi) is 5.21. The third kappa shape index (κ3) is 3.60. The fraction of sp³-hybridized carbons (Fsp3) is 0.364. The first-order valence-electron chi connectivity index (χ1n) is 9.80. The van der Waals surface area contributed by atoms with Gasteiger partial charge in [0.15, 0.2) is 0 Å². The fourth-order valence-electron chi connectivity index (χ4n) is 4.00. The van der Waals surface area contributed by atoms with Crippen LogP contribution in [0.4, 0.5) is 5.69 Å². The number of benzene rings is 2. The molecule has 0 saturated carbocycles. The van der Waals surface area contributed by atoms with E-state index in [1.54, 1.807) is 10.9 Å². The zero-order valence-corrected chi connectivity index (χ0v) is 15.8. The lowest BCUT2D eigenvalue weighted by Gasteiger charge is -2.24. The van der Waals surface area contributed by atoms with Crippen LogP contribution < -0.4 is 15.8 Å². The molecule has 1 aliphatic heterocycles. The van der Waals surface area contributed by atoms with E-state index < -0.39 is 0 Å². The SMILES string of the molecule is CCN1CCCC(NCCn2ncc3ccccc3c2=O)c2ccccc21. The van der Waals surface area contributed by atoms with Gasteiger partial charge >= 0.3 is 0 Å². The fourth-order valence-corrected chi connectivity index (χ4v) is 4.00. The molecule has 1 aliphatic rings. The molecule has 3 aromatic rings. The molecule has 0 saturated heterocycles. The number of anilines is 1. The number of para-hydroxylation sites is 1. The minimum absolute atomic E-state index is 0.0201. The van der Waals surface area contributed by atoms with Crippen LogP contribution >= 0.6 is 0 Å². The number of fused-ring (bicyclic) bond motifs is 2. The molecule has 5 heteroatoms. The molecule has 0 spiro atoms. The molecule has 1 N–H and O–H groups in total. The maximum atomic E-state index is 12.6. The van der Waals surface area contributed by atoms with Gasteiger partial charge in [-0.15, -0.1) is 0 Å². The van der Waals surface area contributed by atoms with Crippen LogP contribution in [0.15, 0.2) is 59.5 Å². The van der Waals surface area contributed by atoms with Crippen LogP contribution in [0.25, 0.3) is 10.8 Å². The van der Waals surface area contributed by atoms with Crippen LogP contribution in [0.3, 0.4) is 0 Å². The highest BCUT2D eigenvalue weighted by atomic mass is 16.1. The molecule has 2 heterocycles. The van der Waals surface area contributed by atoms with Crippen LogP contribution in [-0.4, -0.2) is 29.4 Å². The maximum Gasteiger partial charge on any atom is 0.274 e. The first-order valence-corrected chi connectivity index (χ1v) is 9.80. The highest BCUT2D eigenvalue weighted by Gasteiger charge is 2.21. The van der Waals surface area contributed by atoms with Crippen molar-refractivity contribution in [1.29, 1.82) is 0 Å². The maximum absolute atomic E-state index is 12.6. The second kappa shape index (κ2) is 7.92. The third-order valence-electron chi connectivity index (χ3n) is 5.43. The summed E-state index contributed by atoms with van der Waals surface area (Å²) in [4.78, 5) is 15.1. The lowest BCUT2D eigenvalue weighted by Crippen LogP contribution is -2.31. The Balaban J connectivity index is 1.49. The molecule has 0 amide bonds. The number of nitrogens with zero attached hydrogens (tertiary/aromatic N) is 3. The van der Waals surface area contributed by atoms with Crippen LogP contribution in [0, 0.1) is 0 Å². The monoisotopic (exact) mass is 362 g/mol. The Bertz CT molecular complexity index is 981. The molecule has 0 radical (unpaired) electrons. The summed E-state index contributed by atoms with van der Waals surface area (Å²) in [7, 11) is 0. The summed E-state index contributed by atoms with van der Waals surface area (Å²) < 4.78 is 1.57. The van der Waals surface area contributed by atoms with E-state index in [0.717, 1.165) is 43.2 Å². The quantitative estimate of drug-likeness (QED) is 0.756. The molecule has 0 aliphatic carbocycles. The first kappa shape index (κ1) is 17.7. The zero-order valence-electron chi connectivity index (χ0n) is 15.8. The molecule has 1 atom stereocenters. The summed E-state index contributed by atoms with van der Waals surface area (Å²) in [6, 6.07) is 16.6. The Hall–Kier alpha value is -2.66. The lowest BCUT2D eigenvalue weighted by atomic mass is 10.0. The number of nitrogens with one attached hydrogen (secondary N) is 1. The molecular weight excluding hydrogens is 336 g/mol. The van der Waals surface area contributed by atoms with Crippen LogP contribution in [0.5, 0.6) is 0 Å². The predicted octanol–water partition coefficient (Wildman–Crippen LogP) is 3.35. The van der Waals surface area contributed by atoms with Crippen LogP contribution in [0.2, 0.25) is 0 Å². The second-order valence-corrected chi connectivity index (χ2v) is 7.05. The van der Waals surface area contributed by atoms with E-state index >= 15 is 0 Å². The van der Waals surface area contributed by atoms with Crippen molar-refractivity contribution >= 4 is 16.5 Å². The topological polar surface area (TPSA) is 50.2 Å². The van der Waals surface area contributed by atoms with Crippen molar-refractivity contribution in [2.75, 3.05) is 24.5 Å². The van der Waals surface area contributed by atoms with Crippen molar-refractivity contribution in [3.05, 3.63) is 70.6 Å². The molecule has 5 nitrogen and oxygen atoms in total. The van der Waals surface area contributed by atoms with Gasteiger partial charge in [0.05, 0.1) is 18.1 Å². The summed E-state index contributed by atoms with van der Waals surface area (Å²) in [5.74, 6) is 0. The van der Waals surface area contributed by atoms with Gasteiger partial charge in [-0.2, -0.15) is 5.10 Å². The van der Waals surface area contributed by atoms with E-state index in [2.05, 4.69) is 46.5 Å². The predicted molar refractivity (Wildman–Crippen MR) is 110 cm³/mol. The van der Waals surface area contributed by atoms with Gasteiger partial charge in [0.2, 0.25) is 0 Å². The van der Waals surface area contributed by atoms with Gasteiger partial charge in [-0.25, -0.2) is 4.68 Å². The molecule has 27 heavy (non-hydrogen) atoms. The second-order valence-electron chi connectivity index (χ2n) is 7.05. The lowest BCUT2D eigenvalue weighted by molar-refractivity contribution is 0.456. The van der Waals surface area contributed by atoms with Gasteiger partial charge in [0.1, 0.15) is 0 Å². The zero-order chi connectivity index (χ0) is 18.6. The van der Waals surface area contributed by atoms with Crippen molar-refractivity contribution in [2.45, 2.75) is 32.4 Å². The van der Waals surface area contributed by atoms with E-state index in [0.29, 0.717) is 12.6 Å². The summed E-state index contributed by atoms with van der Waals surface area (Å²) in [5, 5.41) is 9.61. The summed E-state index contributed by atoms with van der Waals surface area (Å²) >= 11 is 0. The Morgan fingerprint density at radius 3 is 2.85 bits per heavy atom. The summed E-state index contributed by atoms with van der Waals surface area (Å²) in [5.41, 5.74) is 2.67. The molecule has 1 aromatic heterocycles. The number of hydrogen-bond donors (Lipinski definition) is 1. The highest BCUT2D eigenvalue weighted by molar-refractivity contribution is 5.80. The van der Waals surface area contributed by atoms with Crippen molar-refractivity contribution < 1.29 is 0 Å². The molecule has 1 unspecified atom stereocenters. The van der Waals surface area contributed by atoms with Gasteiger partial charge in [0, 0.05) is 36.7 Å². The van der Waals surface area contributed by atoms with Crippen molar-refractivity contribution in [3.8, 4) is 0 Å². The van der Waals surface area contributed by atoms with E-state index in [1.165, 1.54) is 11.3 Å². The largest absolute Gasteiger partial charge is 0.372 e. The smallest absolute Gasteiger partial charge is 0.274 e. The minimum Gasteiger partial charge on any atom is -0.372 e. The Labute approximate surface area is 159 Å². The summed E-state index contributed by atoms with van der Waals surface area (Å²) in [6.07, 6.45) is 4.04. The molecule has 0 bridgehead atoms. The third-order valence-corrected chi connectivity index (χ3v) is 5.43. The van der Waals surface area contributed by atoms with E-state index in [4.69, 9.17) is 0 Å². The van der Waals surface area contributed by atoms with Crippen molar-refractivity contribution in [2.24, 2.45) is 0 Å². The van der Waals surface area contributed by atoms with Crippen LogP contribution in [-0.2, 0) is 6.54 Å². The van der Waals surface area contributed by atoms with Gasteiger partial charge in [-0.1, -0.05) is 36.4 Å². The minimum atomic E-state index is -0.0201. The van der Waals surface area contributed by atoms with Gasteiger partial charge < -0.3 is 10.2 Å². The van der Waals surface area contributed by atoms with Crippen molar-refractivity contribution in [3.63, 3.8) is 0 Å². The van der Waals surface area contributed by atoms with E-state index in [-0.39, 0.29) is 5.56 Å². The highest BCUT2D eigenvalue weighted by Crippen LogP contribution is 2.32. The normalized spacial score (nSPS) is 16.9. The number of aromatic nitrogens is 2. The standard InChI is InChI=1S/C22H26N4O/c1-2-25-14-7-11-20(19-10-5-6-12-21(19)25)23-13-15-26-22(27)18-9-4-3-8-17(18)16-24-26/h3-6,8-10,12,16,20,23H,2,7,11,13-15H2,1H3. The number of rotatable bonds is 5. The average molecular weight is 362 g/mol. The Morgan fingerprint density at radius 2 is 1.96 bits per heavy atom. The molecule has 2 aromatic carbocycles. The van der Waals surface area contributed by atoms with Crippen molar-refractivity contribution in [1.82, 2.24) is 15.1 Å². The first-order chi connectivity index (χ1) is 13.3. The molecule has 140 valence electrons. The number of hydrogen-bond acceptors (Lipinski definition) is 4. The Morgan fingerprint density at radius 1 is 1.15 bits per heavy atom. The average Bonchev–Trinajstić information content (AvgIpc) is 2.89. The van der Waals surface area contributed by atoms with Crippen LogP contribution in [0.1, 0.15) is 31.4 Å². The van der Waals surface area contributed by atoms with Gasteiger partial charge in [0.25, 0.3) is 5.56 Å². The van der Waals surface area contributed by atoms with E-state index in [9.17, 15) is 4.79 Å². The van der Waals surface area contributed by atoms with Gasteiger partial charge in [-0.05, 0) is 37.5 Å². The van der Waals surface area contributed by atoms with E-state index in [1.807, 2.05) is 24.3 Å². The summed E-state index contributed by atoms with van der Waals surface area (Å²) in [6.45, 7) is 5.62.